The lowest BCUT2D eigenvalue weighted by Gasteiger charge is -2.18. The number of carboxylic acids is 2. The lowest BCUT2D eigenvalue weighted by molar-refractivity contribution is -0.141. The van der Waals surface area contributed by atoms with E-state index in [9.17, 15) is 24.6 Å². The second kappa shape index (κ2) is 9.85. The zero-order chi connectivity index (χ0) is 19.9. The molecular formula is C15H21N3O7S. The summed E-state index contributed by atoms with van der Waals surface area (Å²) in [5.41, 5.74) is 11.6. The average molecular weight is 387 g/mol. The summed E-state index contributed by atoms with van der Waals surface area (Å²) in [6.07, 6.45) is 0.0169. The van der Waals surface area contributed by atoms with E-state index in [4.69, 9.17) is 21.7 Å². The molecule has 0 aliphatic heterocycles. The van der Waals surface area contributed by atoms with E-state index in [0.717, 1.165) is 11.8 Å². The number of nitrogens with one attached hydrogen (secondary N) is 1. The maximum atomic E-state index is 12.1. The normalized spacial score (nSPS) is 14.2. The third-order valence-corrected chi connectivity index (χ3v) is 4.51. The second-order valence-electron chi connectivity index (χ2n) is 5.52. The van der Waals surface area contributed by atoms with E-state index in [-0.39, 0.29) is 29.4 Å². The number of hydrogen-bond acceptors (Lipinski definition) is 8. The molecule has 1 aromatic carbocycles. The molecule has 1 aromatic rings. The number of carbonyl (C=O) groups is 3. The van der Waals surface area contributed by atoms with E-state index >= 15 is 0 Å². The van der Waals surface area contributed by atoms with Gasteiger partial charge in [0.2, 0.25) is 5.91 Å². The molecule has 144 valence electrons. The molecule has 0 aliphatic rings. The molecule has 10 nitrogen and oxygen atoms in total. The van der Waals surface area contributed by atoms with E-state index in [1.807, 2.05) is 0 Å². The number of hydrogen-bond donors (Lipinski definition) is 7. The molecule has 0 saturated heterocycles. The summed E-state index contributed by atoms with van der Waals surface area (Å²) in [5, 5.41) is 38.8. The Labute approximate surface area is 153 Å². The van der Waals surface area contributed by atoms with Crippen molar-refractivity contribution in [3.05, 3.63) is 23.8 Å². The Hall–Kier alpha value is -2.50. The fourth-order valence-electron chi connectivity index (χ4n) is 1.88. The molecule has 0 fully saturated rings. The van der Waals surface area contributed by atoms with E-state index < -0.39 is 36.0 Å². The maximum Gasteiger partial charge on any atom is 0.327 e. The van der Waals surface area contributed by atoms with Crippen molar-refractivity contribution in [2.45, 2.75) is 24.5 Å². The summed E-state index contributed by atoms with van der Waals surface area (Å²) < 4.78 is 0. The minimum atomic E-state index is -1.29. The van der Waals surface area contributed by atoms with Crippen LogP contribution in [0.15, 0.2) is 18.2 Å². The molecule has 0 spiro atoms. The number of carboxylic acid groups (broad SMARTS) is 2. The highest BCUT2D eigenvalue weighted by Gasteiger charge is 2.24. The van der Waals surface area contributed by atoms with Crippen LogP contribution in [0.25, 0.3) is 0 Å². The van der Waals surface area contributed by atoms with Gasteiger partial charge in [-0.3, -0.25) is 9.59 Å². The fourth-order valence-corrected chi connectivity index (χ4v) is 2.87. The molecule has 1 rings (SSSR count). The van der Waals surface area contributed by atoms with Crippen LogP contribution in [0.1, 0.15) is 5.56 Å². The van der Waals surface area contributed by atoms with Gasteiger partial charge in [-0.2, -0.15) is 11.8 Å². The van der Waals surface area contributed by atoms with Gasteiger partial charge in [-0.15, -0.1) is 0 Å². The van der Waals surface area contributed by atoms with Gasteiger partial charge < -0.3 is 37.2 Å². The predicted molar refractivity (Wildman–Crippen MR) is 94.0 cm³/mol. The van der Waals surface area contributed by atoms with E-state index in [1.54, 1.807) is 0 Å². The highest BCUT2D eigenvalue weighted by molar-refractivity contribution is 7.99. The van der Waals surface area contributed by atoms with Crippen molar-refractivity contribution in [1.29, 1.82) is 0 Å². The van der Waals surface area contributed by atoms with Gasteiger partial charge in [0.15, 0.2) is 11.5 Å². The summed E-state index contributed by atoms with van der Waals surface area (Å²) in [5.74, 6) is -3.95. The zero-order valence-corrected chi connectivity index (χ0v) is 14.5. The van der Waals surface area contributed by atoms with Gasteiger partial charge in [0.25, 0.3) is 0 Å². The fraction of sp³-hybridized carbons (Fsp3) is 0.400. The van der Waals surface area contributed by atoms with Gasteiger partial charge >= 0.3 is 11.9 Å². The number of aliphatic carboxylic acids is 2. The molecule has 0 aliphatic carbocycles. The molecule has 0 aromatic heterocycles. The van der Waals surface area contributed by atoms with E-state index in [0.29, 0.717) is 5.56 Å². The summed E-state index contributed by atoms with van der Waals surface area (Å²) in [4.78, 5) is 33.9. The van der Waals surface area contributed by atoms with Gasteiger partial charge in [0, 0.05) is 11.5 Å². The minimum Gasteiger partial charge on any atom is -0.504 e. The van der Waals surface area contributed by atoms with Gasteiger partial charge in [0.1, 0.15) is 12.1 Å². The van der Waals surface area contributed by atoms with E-state index in [2.05, 4.69) is 5.32 Å². The Kier molecular flexibility index (Phi) is 8.16. The Morgan fingerprint density at radius 3 is 2.19 bits per heavy atom. The molecule has 0 bridgehead atoms. The van der Waals surface area contributed by atoms with Crippen LogP contribution in [0, 0.1) is 0 Å². The molecule has 9 N–H and O–H groups in total. The van der Waals surface area contributed by atoms with Crippen LogP contribution in [0.4, 0.5) is 0 Å². The van der Waals surface area contributed by atoms with Crippen LogP contribution in [0.2, 0.25) is 0 Å². The number of rotatable bonds is 10. The minimum absolute atomic E-state index is 0.00613. The molecule has 0 unspecified atom stereocenters. The molecule has 26 heavy (non-hydrogen) atoms. The predicted octanol–water partition coefficient (Wildman–Crippen LogP) is -1.32. The van der Waals surface area contributed by atoms with Gasteiger partial charge in [-0.05, 0) is 24.1 Å². The van der Waals surface area contributed by atoms with E-state index in [1.165, 1.54) is 18.2 Å². The van der Waals surface area contributed by atoms with Crippen LogP contribution in [0.3, 0.4) is 0 Å². The summed E-state index contributed by atoms with van der Waals surface area (Å²) in [7, 11) is 0. The molecule has 1 amide bonds. The van der Waals surface area contributed by atoms with Crippen LogP contribution in [-0.4, -0.2) is 67.9 Å². The van der Waals surface area contributed by atoms with Crippen molar-refractivity contribution in [3.8, 4) is 11.5 Å². The first kappa shape index (κ1) is 21.5. The standard InChI is InChI=1S/C15H21N3O7S/c16-8(3-7-1-2-11(19)12(20)4-7)13(21)18-10(15(24)25)6-26-5-9(17)14(22)23/h1-2,4,8-10,19-20H,3,5-6,16-17H2,(H,18,21)(H,22,23)(H,24,25)/t8-,9-,10+/m0/s1. The van der Waals surface area contributed by atoms with Crippen LogP contribution < -0.4 is 16.8 Å². The Morgan fingerprint density at radius 1 is 1.00 bits per heavy atom. The largest absolute Gasteiger partial charge is 0.504 e. The van der Waals surface area contributed by atoms with Crippen molar-refractivity contribution < 1.29 is 34.8 Å². The van der Waals surface area contributed by atoms with Crippen molar-refractivity contribution in [3.63, 3.8) is 0 Å². The number of phenols is 2. The third kappa shape index (κ3) is 6.78. The molecule has 0 heterocycles. The number of thioether (sulfide) groups is 1. The van der Waals surface area contributed by atoms with Gasteiger partial charge in [-0.1, -0.05) is 6.07 Å². The average Bonchev–Trinajstić information content (AvgIpc) is 2.56. The van der Waals surface area contributed by atoms with Crippen molar-refractivity contribution in [2.24, 2.45) is 11.5 Å². The molecule has 11 heteroatoms. The Balaban J connectivity index is 2.58. The van der Waals surface area contributed by atoms with Gasteiger partial charge in [-0.25, -0.2) is 4.79 Å². The highest BCUT2D eigenvalue weighted by atomic mass is 32.2. The van der Waals surface area contributed by atoms with Crippen LogP contribution >= 0.6 is 11.8 Å². The second-order valence-corrected chi connectivity index (χ2v) is 6.59. The quantitative estimate of drug-likeness (QED) is 0.236. The maximum absolute atomic E-state index is 12.1. The third-order valence-electron chi connectivity index (χ3n) is 3.35. The van der Waals surface area contributed by atoms with Crippen molar-refractivity contribution >= 4 is 29.6 Å². The first-order valence-electron chi connectivity index (χ1n) is 7.47. The van der Waals surface area contributed by atoms with Gasteiger partial charge in [0.05, 0.1) is 6.04 Å². The zero-order valence-electron chi connectivity index (χ0n) is 13.7. The topological polar surface area (TPSA) is 196 Å². The number of phenolic OH excluding ortho intramolecular Hbond substituents is 2. The summed E-state index contributed by atoms with van der Waals surface area (Å²) in [6, 6.07) is 0.507. The highest BCUT2D eigenvalue weighted by Crippen LogP contribution is 2.25. The molecular weight excluding hydrogens is 366 g/mol. The number of benzene rings is 1. The first-order chi connectivity index (χ1) is 12.1. The molecule has 0 saturated carbocycles. The molecule has 0 radical (unpaired) electrons. The van der Waals surface area contributed by atoms with Crippen LogP contribution in [0.5, 0.6) is 11.5 Å². The Bertz CT molecular complexity index is 671. The number of carbonyl (C=O) groups excluding carboxylic acids is 1. The summed E-state index contributed by atoms with van der Waals surface area (Å²) >= 11 is 0.984. The lowest BCUT2D eigenvalue weighted by atomic mass is 10.1. The number of nitrogens with two attached hydrogens (primary N) is 2. The van der Waals surface area contributed by atoms with Crippen molar-refractivity contribution in [2.75, 3.05) is 11.5 Å². The van der Waals surface area contributed by atoms with Crippen molar-refractivity contribution in [1.82, 2.24) is 5.32 Å². The number of aromatic hydroxyl groups is 2. The van der Waals surface area contributed by atoms with Crippen LogP contribution in [-0.2, 0) is 20.8 Å². The lowest BCUT2D eigenvalue weighted by Crippen LogP contribution is -2.50. The monoisotopic (exact) mass is 387 g/mol. The molecule has 3 atom stereocenters. The SMILES string of the molecule is N[C@@H](CSC[C@@H](NC(=O)[C@@H](N)Cc1ccc(O)c(O)c1)C(=O)O)C(=O)O. The number of amides is 1. The smallest absolute Gasteiger partial charge is 0.327 e. The summed E-state index contributed by atoms with van der Waals surface area (Å²) in [6.45, 7) is 0. The Morgan fingerprint density at radius 2 is 1.65 bits per heavy atom. The first-order valence-corrected chi connectivity index (χ1v) is 8.63.